The molecule has 0 spiro atoms. The maximum atomic E-state index is 13.0. The summed E-state index contributed by atoms with van der Waals surface area (Å²) in [7, 11) is 0. The third-order valence-electron chi connectivity index (χ3n) is 4.28. The minimum Gasteiger partial charge on any atom is -0.349 e. The predicted molar refractivity (Wildman–Crippen MR) is 102 cm³/mol. The third kappa shape index (κ3) is 2.75. The Bertz CT molecular complexity index is 1090. The monoisotopic (exact) mass is 349 g/mol. The zero-order chi connectivity index (χ0) is 17.4. The number of carbonyl (C=O) groups is 1. The number of hydrogen-bond donors (Lipinski definition) is 1. The summed E-state index contributed by atoms with van der Waals surface area (Å²) < 4.78 is 0. The van der Waals surface area contributed by atoms with Crippen molar-refractivity contribution in [3.8, 4) is 0 Å². The molecule has 0 aliphatic rings. The van der Waals surface area contributed by atoms with Crippen LogP contribution in [0.4, 0.5) is 5.69 Å². The van der Waals surface area contributed by atoms with Crippen LogP contribution in [0.2, 0.25) is 5.02 Å². The van der Waals surface area contributed by atoms with Gasteiger partial charge in [-0.1, -0.05) is 35.9 Å². The molecule has 4 nitrogen and oxygen atoms in total. The molecular weight excluding hydrogens is 334 g/mol. The molecular formula is C20H16ClN3O. The maximum Gasteiger partial charge on any atom is 0.274 e. The third-order valence-corrected chi connectivity index (χ3v) is 4.51. The van der Waals surface area contributed by atoms with Gasteiger partial charge in [0.1, 0.15) is 5.69 Å². The number of pyridine rings is 1. The highest BCUT2D eigenvalue weighted by Gasteiger charge is 2.19. The molecule has 4 aromatic rings. The predicted octanol–water partition coefficient (Wildman–Crippen LogP) is 5.04. The SMILES string of the molecule is CCN(C(=O)c1cc2ccc3cccnc3c2[nH]1)c1cccc(Cl)c1. The lowest BCUT2D eigenvalue weighted by atomic mass is 10.1. The van der Waals surface area contributed by atoms with Crippen molar-refractivity contribution in [2.45, 2.75) is 6.92 Å². The van der Waals surface area contributed by atoms with Crippen LogP contribution in [0.3, 0.4) is 0 Å². The molecule has 5 heteroatoms. The van der Waals surface area contributed by atoms with E-state index in [1.807, 2.05) is 49.4 Å². The van der Waals surface area contributed by atoms with Gasteiger partial charge in [0.05, 0.1) is 11.0 Å². The number of amides is 1. The Labute approximate surface area is 150 Å². The Hall–Kier alpha value is -2.85. The van der Waals surface area contributed by atoms with Crippen molar-refractivity contribution >= 4 is 45.0 Å². The molecule has 0 unspecified atom stereocenters. The van der Waals surface area contributed by atoms with E-state index in [1.165, 1.54) is 0 Å². The smallest absolute Gasteiger partial charge is 0.274 e. The first-order chi connectivity index (χ1) is 12.2. The molecule has 0 radical (unpaired) electrons. The summed E-state index contributed by atoms with van der Waals surface area (Å²) in [5.41, 5.74) is 3.06. The van der Waals surface area contributed by atoms with Crippen molar-refractivity contribution in [3.63, 3.8) is 0 Å². The van der Waals surface area contributed by atoms with Crippen molar-refractivity contribution in [2.24, 2.45) is 0 Å². The number of aromatic amines is 1. The fourth-order valence-electron chi connectivity index (χ4n) is 3.09. The Kier molecular flexibility index (Phi) is 3.90. The van der Waals surface area contributed by atoms with Crippen LogP contribution in [0.5, 0.6) is 0 Å². The first-order valence-corrected chi connectivity index (χ1v) is 8.49. The molecule has 0 saturated heterocycles. The number of aromatic nitrogens is 2. The second-order valence-electron chi connectivity index (χ2n) is 5.82. The first kappa shape index (κ1) is 15.7. The fourth-order valence-corrected chi connectivity index (χ4v) is 3.27. The first-order valence-electron chi connectivity index (χ1n) is 8.11. The minimum atomic E-state index is -0.0925. The summed E-state index contributed by atoms with van der Waals surface area (Å²) in [6.07, 6.45) is 1.76. The van der Waals surface area contributed by atoms with Crippen LogP contribution in [0.1, 0.15) is 17.4 Å². The van der Waals surface area contributed by atoms with Crippen molar-refractivity contribution in [3.05, 3.63) is 71.5 Å². The normalized spacial score (nSPS) is 11.1. The average Bonchev–Trinajstić information content (AvgIpc) is 3.07. The van der Waals surface area contributed by atoms with E-state index in [0.717, 1.165) is 27.5 Å². The summed E-state index contributed by atoms with van der Waals surface area (Å²) in [6, 6.07) is 17.1. The molecule has 2 aromatic carbocycles. The van der Waals surface area contributed by atoms with E-state index in [9.17, 15) is 4.79 Å². The highest BCUT2D eigenvalue weighted by Crippen LogP contribution is 2.26. The molecule has 2 aromatic heterocycles. The van der Waals surface area contributed by atoms with Crippen molar-refractivity contribution in [2.75, 3.05) is 11.4 Å². The maximum absolute atomic E-state index is 13.0. The largest absolute Gasteiger partial charge is 0.349 e. The van der Waals surface area contributed by atoms with Gasteiger partial charge in [-0.15, -0.1) is 0 Å². The van der Waals surface area contributed by atoms with Gasteiger partial charge in [-0.05, 0) is 37.3 Å². The van der Waals surface area contributed by atoms with Crippen LogP contribution in [0.25, 0.3) is 21.8 Å². The molecule has 0 aliphatic heterocycles. The van der Waals surface area contributed by atoms with E-state index in [1.54, 1.807) is 23.2 Å². The topological polar surface area (TPSA) is 49.0 Å². The molecule has 0 aliphatic carbocycles. The molecule has 0 saturated carbocycles. The molecule has 124 valence electrons. The van der Waals surface area contributed by atoms with Crippen LogP contribution in [-0.4, -0.2) is 22.4 Å². The highest BCUT2D eigenvalue weighted by atomic mass is 35.5. The summed E-state index contributed by atoms with van der Waals surface area (Å²) >= 11 is 6.07. The van der Waals surface area contributed by atoms with Gasteiger partial charge in [0.15, 0.2) is 0 Å². The molecule has 0 atom stereocenters. The number of rotatable bonds is 3. The minimum absolute atomic E-state index is 0.0925. The van der Waals surface area contributed by atoms with Crippen molar-refractivity contribution in [1.82, 2.24) is 9.97 Å². The Morgan fingerprint density at radius 3 is 2.76 bits per heavy atom. The van der Waals surface area contributed by atoms with Crippen LogP contribution in [0, 0.1) is 0 Å². The van der Waals surface area contributed by atoms with E-state index in [4.69, 9.17) is 11.6 Å². The van der Waals surface area contributed by atoms with Gasteiger partial charge >= 0.3 is 0 Å². The molecule has 25 heavy (non-hydrogen) atoms. The Balaban J connectivity index is 1.80. The van der Waals surface area contributed by atoms with Crippen molar-refractivity contribution < 1.29 is 4.79 Å². The van der Waals surface area contributed by atoms with Gasteiger partial charge < -0.3 is 9.88 Å². The van der Waals surface area contributed by atoms with Gasteiger partial charge in [-0.3, -0.25) is 9.78 Å². The van der Waals surface area contributed by atoms with Crippen molar-refractivity contribution in [1.29, 1.82) is 0 Å². The molecule has 1 amide bonds. The number of halogens is 1. The lowest BCUT2D eigenvalue weighted by molar-refractivity contribution is 0.0984. The number of hydrogen-bond acceptors (Lipinski definition) is 2. The zero-order valence-electron chi connectivity index (χ0n) is 13.7. The number of fused-ring (bicyclic) bond motifs is 3. The van der Waals surface area contributed by atoms with Gasteiger partial charge in [0, 0.05) is 34.2 Å². The molecule has 0 bridgehead atoms. The zero-order valence-corrected chi connectivity index (χ0v) is 14.4. The summed E-state index contributed by atoms with van der Waals surface area (Å²) in [5, 5.41) is 2.62. The number of carbonyl (C=O) groups excluding carboxylic acids is 1. The van der Waals surface area contributed by atoms with Crippen LogP contribution in [-0.2, 0) is 0 Å². The molecule has 2 heterocycles. The molecule has 1 N–H and O–H groups in total. The standard InChI is InChI=1S/C20H16ClN3O/c1-2-24(16-7-3-6-15(21)12-16)20(25)17-11-14-9-8-13-5-4-10-22-18(13)19(14)23-17/h3-12,23H,2H2,1H3. The number of nitrogens with one attached hydrogen (secondary N) is 1. The van der Waals surface area contributed by atoms with Gasteiger partial charge in [0.25, 0.3) is 5.91 Å². The number of benzene rings is 2. The van der Waals surface area contributed by atoms with Crippen LogP contribution >= 0.6 is 11.6 Å². The second-order valence-corrected chi connectivity index (χ2v) is 6.25. The number of nitrogens with zero attached hydrogens (tertiary/aromatic N) is 2. The molecule has 0 fully saturated rings. The summed E-state index contributed by atoms with van der Waals surface area (Å²) in [6.45, 7) is 2.49. The van der Waals surface area contributed by atoms with Gasteiger partial charge in [-0.25, -0.2) is 0 Å². The lowest BCUT2D eigenvalue weighted by Crippen LogP contribution is -2.30. The lowest BCUT2D eigenvalue weighted by Gasteiger charge is -2.20. The Morgan fingerprint density at radius 1 is 1.12 bits per heavy atom. The van der Waals surface area contributed by atoms with E-state index in [0.29, 0.717) is 17.3 Å². The Morgan fingerprint density at radius 2 is 1.96 bits per heavy atom. The van der Waals surface area contributed by atoms with Gasteiger partial charge in [0.2, 0.25) is 0 Å². The summed E-state index contributed by atoms with van der Waals surface area (Å²) in [4.78, 5) is 22.4. The molecule has 4 rings (SSSR count). The fraction of sp³-hybridized carbons (Fsp3) is 0.100. The summed E-state index contributed by atoms with van der Waals surface area (Å²) in [5.74, 6) is -0.0925. The highest BCUT2D eigenvalue weighted by molar-refractivity contribution is 6.31. The number of H-pyrrole nitrogens is 1. The average molecular weight is 350 g/mol. The van der Waals surface area contributed by atoms with E-state index in [2.05, 4.69) is 9.97 Å². The van der Waals surface area contributed by atoms with Crippen LogP contribution < -0.4 is 4.90 Å². The van der Waals surface area contributed by atoms with E-state index in [-0.39, 0.29) is 5.91 Å². The van der Waals surface area contributed by atoms with Gasteiger partial charge in [-0.2, -0.15) is 0 Å². The second kappa shape index (κ2) is 6.22. The number of anilines is 1. The van der Waals surface area contributed by atoms with Crippen LogP contribution in [0.15, 0.2) is 60.8 Å². The quantitative estimate of drug-likeness (QED) is 0.563. The van der Waals surface area contributed by atoms with E-state index >= 15 is 0 Å². The van der Waals surface area contributed by atoms with E-state index < -0.39 is 0 Å².